The zero-order valence-corrected chi connectivity index (χ0v) is 21.3. The van der Waals surface area contributed by atoms with Crippen molar-refractivity contribution in [2.24, 2.45) is 5.41 Å². The molecule has 2 aromatic heterocycles. The number of H-pyrrole nitrogens is 1. The Morgan fingerprint density at radius 3 is 2.63 bits per heavy atom. The van der Waals surface area contributed by atoms with Crippen molar-refractivity contribution in [1.29, 1.82) is 0 Å². The lowest BCUT2D eigenvalue weighted by molar-refractivity contribution is 0.00807. The number of piperazine rings is 1. The van der Waals surface area contributed by atoms with Crippen LogP contribution in [0.1, 0.15) is 56.4 Å². The van der Waals surface area contributed by atoms with Crippen molar-refractivity contribution in [3.8, 4) is 0 Å². The Balaban J connectivity index is 1.36. The molecule has 0 bridgehead atoms. The molecule has 35 heavy (non-hydrogen) atoms. The molecule has 2 N–H and O–H groups in total. The van der Waals surface area contributed by atoms with E-state index in [1.54, 1.807) is 31.5 Å². The number of amides is 3. The smallest absolute Gasteiger partial charge is 0.321 e. The molecule has 0 aromatic carbocycles. The maximum absolute atomic E-state index is 14.0. The first-order valence-corrected chi connectivity index (χ1v) is 12.2. The molecule has 3 aliphatic rings. The second-order valence-corrected chi connectivity index (χ2v) is 11.0. The maximum Gasteiger partial charge on any atom is 0.321 e. The van der Waals surface area contributed by atoms with Gasteiger partial charge in [0.05, 0.1) is 23.9 Å². The summed E-state index contributed by atoms with van der Waals surface area (Å²) in [6, 6.07) is 5.51. The van der Waals surface area contributed by atoms with Crippen molar-refractivity contribution in [2.45, 2.75) is 64.9 Å². The number of carbonyl (C=O) groups excluding carboxylic acids is 2. The van der Waals surface area contributed by atoms with Crippen LogP contribution in [0.15, 0.2) is 24.4 Å². The second kappa shape index (κ2) is 8.30. The number of ether oxygens (including phenoxy) is 1. The van der Waals surface area contributed by atoms with Crippen molar-refractivity contribution in [3.63, 3.8) is 0 Å². The molecule has 2 saturated heterocycles. The van der Waals surface area contributed by atoms with Gasteiger partial charge in [-0.3, -0.25) is 19.8 Å². The van der Waals surface area contributed by atoms with Gasteiger partial charge in [-0.1, -0.05) is 19.9 Å². The lowest BCUT2D eigenvalue weighted by atomic mass is 9.81. The number of rotatable bonds is 3. The van der Waals surface area contributed by atoms with Crippen molar-refractivity contribution in [1.82, 2.24) is 29.9 Å². The molecule has 10 nitrogen and oxygen atoms in total. The molecule has 3 aliphatic heterocycles. The lowest BCUT2D eigenvalue weighted by Gasteiger charge is -2.48. The molecule has 0 unspecified atom stereocenters. The third kappa shape index (κ3) is 3.70. The van der Waals surface area contributed by atoms with E-state index in [4.69, 9.17) is 4.74 Å². The molecule has 5 heterocycles. The molecule has 3 amide bonds. The van der Waals surface area contributed by atoms with E-state index in [0.717, 1.165) is 24.3 Å². The Morgan fingerprint density at radius 2 is 1.94 bits per heavy atom. The highest BCUT2D eigenvalue weighted by Crippen LogP contribution is 2.44. The fourth-order valence-electron chi connectivity index (χ4n) is 6.01. The van der Waals surface area contributed by atoms with Gasteiger partial charge >= 0.3 is 6.03 Å². The normalized spacial score (nSPS) is 27.0. The molecule has 3 atom stereocenters. The van der Waals surface area contributed by atoms with Crippen LogP contribution < -0.4 is 5.32 Å². The molecular weight excluding hydrogens is 446 g/mol. The number of anilines is 1. The van der Waals surface area contributed by atoms with Gasteiger partial charge in [0.25, 0.3) is 5.91 Å². The SMILES string of the molecule is CO[C@@H]1CN2C[C@H](C)N(C(=O)N3Cc4c(NC(=O)c5ccccn5)n[nH]c4C3(C)C)C[C@@H]2C1(C)C. The van der Waals surface area contributed by atoms with E-state index in [1.165, 1.54) is 0 Å². The predicted octanol–water partition coefficient (Wildman–Crippen LogP) is 2.66. The molecule has 0 spiro atoms. The quantitative estimate of drug-likeness (QED) is 0.698. The summed E-state index contributed by atoms with van der Waals surface area (Å²) >= 11 is 0. The molecule has 10 heteroatoms. The minimum Gasteiger partial charge on any atom is -0.380 e. The number of urea groups is 1. The molecular formula is C25H35N7O3. The number of carbonyl (C=O) groups is 2. The van der Waals surface area contributed by atoms with E-state index < -0.39 is 5.54 Å². The maximum atomic E-state index is 14.0. The van der Waals surface area contributed by atoms with Crippen LogP contribution in [0.3, 0.4) is 0 Å². The average Bonchev–Trinajstić information content (AvgIpc) is 3.42. The third-order valence-electron chi connectivity index (χ3n) is 8.29. The highest BCUT2D eigenvalue weighted by Gasteiger charge is 2.54. The fourth-order valence-corrected chi connectivity index (χ4v) is 6.01. The van der Waals surface area contributed by atoms with Crippen LogP contribution in [-0.4, -0.2) is 86.8 Å². The van der Waals surface area contributed by atoms with Gasteiger partial charge in [0.2, 0.25) is 0 Å². The van der Waals surface area contributed by atoms with E-state index >= 15 is 0 Å². The zero-order valence-electron chi connectivity index (χ0n) is 21.3. The predicted molar refractivity (Wildman–Crippen MR) is 131 cm³/mol. The minimum absolute atomic E-state index is 0.00502. The fraction of sp³-hybridized carbons (Fsp3) is 0.600. The van der Waals surface area contributed by atoms with Gasteiger partial charge in [-0.2, -0.15) is 5.10 Å². The average molecular weight is 482 g/mol. The Labute approximate surface area is 206 Å². The molecule has 5 rings (SSSR count). The Bertz CT molecular complexity index is 1130. The summed E-state index contributed by atoms with van der Waals surface area (Å²) in [5.41, 5.74) is 1.35. The van der Waals surface area contributed by atoms with Crippen LogP contribution >= 0.6 is 0 Å². The minimum atomic E-state index is -0.593. The van der Waals surface area contributed by atoms with Crippen molar-refractivity contribution in [2.75, 3.05) is 32.1 Å². The summed E-state index contributed by atoms with van der Waals surface area (Å²) in [6.07, 6.45) is 1.73. The van der Waals surface area contributed by atoms with Gasteiger partial charge in [-0.15, -0.1) is 0 Å². The van der Waals surface area contributed by atoms with E-state index in [9.17, 15) is 9.59 Å². The van der Waals surface area contributed by atoms with E-state index in [0.29, 0.717) is 24.6 Å². The number of aromatic amines is 1. The first-order valence-electron chi connectivity index (χ1n) is 12.2. The molecule has 0 saturated carbocycles. The van der Waals surface area contributed by atoms with Crippen molar-refractivity contribution in [3.05, 3.63) is 41.3 Å². The van der Waals surface area contributed by atoms with Crippen molar-refractivity contribution >= 4 is 17.8 Å². The topological polar surface area (TPSA) is 107 Å². The first-order chi connectivity index (χ1) is 16.6. The number of nitrogens with zero attached hydrogens (tertiary/aromatic N) is 5. The molecule has 0 radical (unpaired) electrons. The van der Waals surface area contributed by atoms with Crippen LogP contribution in [0, 0.1) is 5.41 Å². The summed E-state index contributed by atoms with van der Waals surface area (Å²) in [5, 5.41) is 10.3. The number of hydrogen-bond donors (Lipinski definition) is 2. The third-order valence-corrected chi connectivity index (χ3v) is 8.29. The van der Waals surface area contributed by atoms with Crippen LogP contribution in [-0.2, 0) is 16.8 Å². The van der Waals surface area contributed by atoms with Gasteiger partial charge in [0.1, 0.15) is 5.69 Å². The van der Waals surface area contributed by atoms with E-state index in [2.05, 4.69) is 46.2 Å². The van der Waals surface area contributed by atoms with Gasteiger partial charge < -0.3 is 19.9 Å². The molecule has 0 aliphatic carbocycles. The largest absolute Gasteiger partial charge is 0.380 e. The summed E-state index contributed by atoms with van der Waals surface area (Å²) in [4.78, 5) is 37.1. The van der Waals surface area contributed by atoms with E-state index in [-0.39, 0.29) is 35.5 Å². The van der Waals surface area contributed by atoms with Crippen LogP contribution in [0.25, 0.3) is 0 Å². The number of nitrogens with one attached hydrogen (secondary N) is 2. The van der Waals surface area contributed by atoms with Gasteiger partial charge in [-0.25, -0.2) is 4.79 Å². The molecule has 2 fully saturated rings. The second-order valence-electron chi connectivity index (χ2n) is 11.0. The number of pyridine rings is 1. The summed E-state index contributed by atoms with van der Waals surface area (Å²) in [7, 11) is 1.77. The van der Waals surface area contributed by atoms with Crippen LogP contribution in [0.2, 0.25) is 0 Å². The highest BCUT2D eigenvalue weighted by atomic mass is 16.5. The number of aromatic nitrogens is 3. The van der Waals surface area contributed by atoms with Crippen molar-refractivity contribution < 1.29 is 14.3 Å². The summed E-state index contributed by atoms with van der Waals surface area (Å²) in [5.74, 6) is 0.111. The van der Waals surface area contributed by atoms with Gasteiger partial charge in [-0.05, 0) is 32.9 Å². The molecule has 188 valence electrons. The number of fused-ring (bicyclic) bond motifs is 2. The van der Waals surface area contributed by atoms with Gasteiger partial charge in [0.15, 0.2) is 5.82 Å². The summed E-state index contributed by atoms with van der Waals surface area (Å²) < 4.78 is 5.79. The lowest BCUT2D eigenvalue weighted by Crippen LogP contribution is -2.62. The van der Waals surface area contributed by atoms with Crippen LogP contribution in [0.4, 0.5) is 10.6 Å². The number of hydrogen-bond acceptors (Lipinski definition) is 6. The van der Waals surface area contributed by atoms with E-state index in [1.807, 2.05) is 23.6 Å². The van der Waals surface area contributed by atoms with Gasteiger partial charge in [0, 0.05) is 56.0 Å². The number of methoxy groups -OCH3 is 1. The Hall–Kier alpha value is -2.98. The molecule has 2 aromatic rings. The first kappa shape index (κ1) is 23.7. The highest BCUT2D eigenvalue weighted by molar-refractivity contribution is 6.02. The Morgan fingerprint density at radius 1 is 1.17 bits per heavy atom. The standard InChI is InChI=1S/C25H35N7O3/c1-15-11-30-14-19(35-6)24(2,3)18(30)13-31(15)23(34)32-12-16-20(25(32,4)5)28-29-21(16)27-22(33)17-9-7-8-10-26-17/h7-10,15,18-19H,11-14H2,1-6H3,(H2,27,28,29,33)/t15-,18+,19+/m0/s1. The summed E-state index contributed by atoms with van der Waals surface area (Å²) in [6.45, 7) is 13.4. The zero-order chi connectivity index (χ0) is 25.1. The monoisotopic (exact) mass is 481 g/mol. The Kier molecular flexibility index (Phi) is 5.63. The van der Waals surface area contributed by atoms with Crippen LogP contribution in [0.5, 0.6) is 0 Å².